The monoisotopic (exact) mass is 521 g/mol. The molecule has 1 fully saturated rings. The molecule has 0 aromatic carbocycles. The van der Waals surface area contributed by atoms with Crippen molar-refractivity contribution < 1.29 is 42.8 Å². The molecule has 11 heteroatoms. The number of hydrogen-bond donors (Lipinski definition) is 1. The van der Waals surface area contributed by atoms with E-state index in [1.807, 2.05) is 11.8 Å². The molecule has 1 rings (SSSR count). The highest BCUT2D eigenvalue weighted by atomic mass is 32.2. The second-order valence-electron chi connectivity index (χ2n) is 8.06. The number of carbonyl (C=O) groups excluding carboxylic acids is 3. The predicted octanol–water partition coefficient (Wildman–Crippen LogP) is 2.76. The molecule has 0 spiro atoms. The van der Waals surface area contributed by atoms with Gasteiger partial charge >= 0.3 is 12.1 Å². The van der Waals surface area contributed by atoms with Crippen LogP contribution in [0.2, 0.25) is 0 Å². The number of esters is 1. The Bertz CT molecular complexity index is 571. The summed E-state index contributed by atoms with van der Waals surface area (Å²) < 4.78 is 31.9. The highest BCUT2D eigenvalue weighted by Gasteiger charge is 2.23. The molecule has 0 radical (unpaired) electrons. The van der Waals surface area contributed by atoms with Gasteiger partial charge in [0.1, 0.15) is 18.5 Å². The van der Waals surface area contributed by atoms with E-state index in [-0.39, 0.29) is 44.0 Å². The van der Waals surface area contributed by atoms with Gasteiger partial charge < -0.3 is 38.5 Å². The van der Waals surface area contributed by atoms with Gasteiger partial charge in [-0.05, 0) is 38.4 Å². The summed E-state index contributed by atoms with van der Waals surface area (Å²) in [7, 11) is 0. The highest BCUT2D eigenvalue weighted by molar-refractivity contribution is 7.99. The molecule has 1 N–H and O–H groups in total. The number of nitrogens with one attached hydrogen (secondary N) is 1. The molecule has 1 aliphatic rings. The molecule has 0 bridgehead atoms. The Kier molecular flexibility index (Phi) is 19.7. The lowest BCUT2D eigenvalue weighted by Crippen LogP contribution is -2.33. The van der Waals surface area contributed by atoms with Crippen molar-refractivity contribution in [1.82, 2.24) is 5.32 Å². The van der Waals surface area contributed by atoms with Gasteiger partial charge in [0.05, 0.1) is 59.3 Å². The molecular weight excluding hydrogens is 478 g/mol. The number of amides is 1. The van der Waals surface area contributed by atoms with E-state index < -0.39 is 5.97 Å². The summed E-state index contributed by atoms with van der Waals surface area (Å²) in [6.07, 6.45) is 4.07. The Balaban J connectivity index is 1.77. The van der Waals surface area contributed by atoms with Crippen LogP contribution < -0.4 is 5.32 Å². The SMILES string of the molecule is CCSC1CCC(OC(=O)NCCOCCOCCOCCOCCOC(=O)CCC(C)=O)CC1. The number of ether oxygens (including phenoxy) is 6. The Labute approximate surface area is 213 Å². The number of hydrogen-bond acceptors (Lipinski definition) is 10. The predicted molar refractivity (Wildman–Crippen MR) is 133 cm³/mol. The highest BCUT2D eigenvalue weighted by Crippen LogP contribution is 2.29. The van der Waals surface area contributed by atoms with E-state index in [1.165, 1.54) is 6.92 Å². The van der Waals surface area contributed by atoms with Gasteiger partial charge in [-0.1, -0.05) is 6.92 Å². The maximum absolute atomic E-state index is 11.9. The van der Waals surface area contributed by atoms with Crippen molar-refractivity contribution in [2.45, 2.75) is 63.7 Å². The molecular formula is C24H43NO9S. The minimum absolute atomic E-state index is 0.0286. The maximum Gasteiger partial charge on any atom is 0.407 e. The molecule has 0 aliphatic heterocycles. The standard InChI is InChI=1S/C24H43NO9S/c1-3-35-22-7-5-21(6-8-22)34-24(28)25-10-11-29-12-13-30-14-15-31-16-17-32-18-19-33-23(27)9-4-20(2)26/h21-22H,3-19H2,1-2H3,(H,25,28). The fourth-order valence-corrected chi connectivity index (χ4v) is 4.37. The van der Waals surface area contributed by atoms with E-state index in [0.717, 1.165) is 31.4 Å². The Morgan fingerprint density at radius 3 is 1.86 bits per heavy atom. The molecule has 0 aromatic heterocycles. The van der Waals surface area contributed by atoms with Gasteiger partial charge in [0, 0.05) is 18.2 Å². The Morgan fingerprint density at radius 1 is 0.771 bits per heavy atom. The number of alkyl carbamates (subject to hydrolysis) is 1. The minimum Gasteiger partial charge on any atom is -0.463 e. The summed E-state index contributed by atoms with van der Waals surface area (Å²) >= 11 is 1.99. The van der Waals surface area contributed by atoms with Crippen molar-refractivity contribution in [3.8, 4) is 0 Å². The number of rotatable bonds is 21. The van der Waals surface area contributed by atoms with Crippen LogP contribution in [0, 0.1) is 0 Å². The molecule has 0 aromatic rings. The average molecular weight is 522 g/mol. The number of carbonyl (C=O) groups is 3. The number of ketones is 1. The smallest absolute Gasteiger partial charge is 0.407 e. The summed E-state index contributed by atoms with van der Waals surface area (Å²) in [5, 5.41) is 3.43. The summed E-state index contributed by atoms with van der Waals surface area (Å²) in [5.74, 6) is 0.710. The Morgan fingerprint density at radius 2 is 1.31 bits per heavy atom. The van der Waals surface area contributed by atoms with E-state index >= 15 is 0 Å². The lowest BCUT2D eigenvalue weighted by molar-refractivity contribution is -0.146. The fraction of sp³-hybridized carbons (Fsp3) is 0.875. The van der Waals surface area contributed by atoms with Crippen molar-refractivity contribution in [3.05, 3.63) is 0 Å². The summed E-state index contributed by atoms with van der Waals surface area (Å²) in [5.41, 5.74) is 0. The minimum atomic E-state index is -0.394. The summed E-state index contributed by atoms with van der Waals surface area (Å²) in [6, 6.07) is 0. The maximum atomic E-state index is 11.9. The van der Waals surface area contributed by atoms with Crippen LogP contribution in [-0.4, -0.2) is 101 Å². The van der Waals surface area contributed by atoms with Crippen LogP contribution in [0.25, 0.3) is 0 Å². The summed E-state index contributed by atoms with van der Waals surface area (Å²) in [4.78, 5) is 33.9. The molecule has 1 saturated carbocycles. The lowest BCUT2D eigenvalue weighted by Gasteiger charge is -2.27. The van der Waals surface area contributed by atoms with Gasteiger partial charge in [-0.15, -0.1) is 0 Å². The number of thioether (sulfide) groups is 1. The van der Waals surface area contributed by atoms with Gasteiger partial charge in [-0.3, -0.25) is 4.79 Å². The molecule has 0 atom stereocenters. The fourth-order valence-electron chi connectivity index (χ4n) is 3.30. The first kappa shape index (κ1) is 31.6. The van der Waals surface area contributed by atoms with Gasteiger partial charge in [0.2, 0.25) is 0 Å². The van der Waals surface area contributed by atoms with E-state index in [2.05, 4.69) is 12.2 Å². The Hall–Kier alpha value is -1.40. The third kappa shape index (κ3) is 19.5. The molecule has 0 unspecified atom stereocenters. The zero-order chi connectivity index (χ0) is 25.6. The van der Waals surface area contributed by atoms with Crippen molar-refractivity contribution in [2.75, 3.05) is 71.8 Å². The first-order chi connectivity index (χ1) is 17.0. The average Bonchev–Trinajstić information content (AvgIpc) is 2.83. The molecule has 1 aliphatic carbocycles. The van der Waals surface area contributed by atoms with Crippen molar-refractivity contribution >= 4 is 29.6 Å². The van der Waals surface area contributed by atoms with Crippen molar-refractivity contribution in [1.29, 1.82) is 0 Å². The van der Waals surface area contributed by atoms with E-state index in [9.17, 15) is 14.4 Å². The first-order valence-corrected chi connectivity index (χ1v) is 13.6. The van der Waals surface area contributed by atoms with Crippen LogP contribution in [0.5, 0.6) is 0 Å². The molecule has 0 heterocycles. The van der Waals surface area contributed by atoms with Crippen LogP contribution in [0.1, 0.15) is 52.4 Å². The van der Waals surface area contributed by atoms with Crippen LogP contribution in [0.4, 0.5) is 4.79 Å². The quantitative estimate of drug-likeness (QED) is 0.178. The molecule has 10 nitrogen and oxygen atoms in total. The lowest BCUT2D eigenvalue weighted by atomic mass is 9.97. The zero-order valence-corrected chi connectivity index (χ0v) is 22.1. The third-order valence-electron chi connectivity index (χ3n) is 5.10. The van der Waals surface area contributed by atoms with Crippen molar-refractivity contribution in [3.63, 3.8) is 0 Å². The topological polar surface area (TPSA) is 119 Å². The van der Waals surface area contributed by atoms with Gasteiger partial charge in [0.25, 0.3) is 0 Å². The number of Topliss-reactive ketones (excluding diaryl/α,β-unsaturated/α-hetero) is 1. The molecule has 35 heavy (non-hydrogen) atoms. The van der Waals surface area contributed by atoms with E-state index in [1.54, 1.807) is 0 Å². The van der Waals surface area contributed by atoms with Crippen LogP contribution in [-0.2, 0) is 38.0 Å². The largest absolute Gasteiger partial charge is 0.463 e. The second-order valence-corrected chi connectivity index (χ2v) is 9.64. The second kappa shape index (κ2) is 21.8. The van der Waals surface area contributed by atoms with Gasteiger partial charge in [0.15, 0.2) is 0 Å². The third-order valence-corrected chi connectivity index (χ3v) is 6.38. The summed E-state index contributed by atoms with van der Waals surface area (Å²) in [6.45, 7) is 7.44. The molecule has 204 valence electrons. The van der Waals surface area contributed by atoms with Crippen molar-refractivity contribution in [2.24, 2.45) is 0 Å². The van der Waals surface area contributed by atoms with Crippen LogP contribution in [0.15, 0.2) is 0 Å². The zero-order valence-electron chi connectivity index (χ0n) is 21.3. The van der Waals surface area contributed by atoms with Gasteiger partial charge in [-0.2, -0.15) is 11.8 Å². The van der Waals surface area contributed by atoms with Crippen LogP contribution in [0.3, 0.4) is 0 Å². The normalized spacial score (nSPS) is 17.7. The van der Waals surface area contributed by atoms with E-state index in [4.69, 9.17) is 28.4 Å². The molecule has 0 saturated heterocycles. The van der Waals surface area contributed by atoms with Crippen LogP contribution >= 0.6 is 11.8 Å². The first-order valence-electron chi connectivity index (χ1n) is 12.5. The van der Waals surface area contributed by atoms with Gasteiger partial charge in [-0.25, -0.2) is 4.79 Å². The molecule has 1 amide bonds. The van der Waals surface area contributed by atoms with E-state index in [0.29, 0.717) is 58.0 Å².